The molecule has 0 aromatic rings. The van der Waals surface area contributed by atoms with Crippen molar-refractivity contribution in [2.45, 2.75) is 45.6 Å². The maximum Gasteiger partial charge on any atom is 0.329 e. The summed E-state index contributed by atoms with van der Waals surface area (Å²) >= 11 is 0. The highest BCUT2D eigenvalue weighted by atomic mass is 16.4. The second kappa shape index (κ2) is 5.02. The Kier molecular flexibility index (Phi) is 3.74. The second-order valence-corrected chi connectivity index (χ2v) is 6.47. The van der Waals surface area contributed by atoms with Gasteiger partial charge in [-0.1, -0.05) is 13.8 Å². The fourth-order valence-electron chi connectivity index (χ4n) is 3.48. The van der Waals surface area contributed by atoms with E-state index in [2.05, 4.69) is 13.8 Å². The van der Waals surface area contributed by atoms with Crippen LogP contribution >= 0.6 is 0 Å². The maximum atomic E-state index is 12.6. The first kappa shape index (κ1) is 14.2. The van der Waals surface area contributed by atoms with Crippen LogP contribution in [0.25, 0.3) is 0 Å². The summed E-state index contributed by atoms with van der Waals surface area (Å²) in [6, 6.07) is -0.0965. The quantitative estimate of drug-likeness (QED) is 0.791. The molecule has 2 heterocycles. The number of hydrogen-bond acceptors (Lipinski definition) is 2. The third kappa shape index (κ3) is 2.55. The summed E-state index contributed by atoms with van der Waals surface area (Å²) in [5.74, 6) is 0.0919. The minimum atomic E-state index is -1.03. The van der Waals surface area contributed by atoms with Crippen LogP contribution in [0.2, 0.25) is 0 Å². The van der Waals surface area contributed by atoms with E-state index in [9.17, 15) is 14.7 Å². The fraction of sp³-hybridized carbons (Fsp3) is 0.857. The molecule has 2 aliphatic heterocycles. The lowest BCUT2D eigenvalue weighted by Gasteiger charge is -2.40. The first-order valence-electron chi connectivity index (χ1n) is 7.14. The van der Waals surface area contributed by atoms with Crippen molar-refractivity contribution in [2.24, 2.45) is 11.8 Å². The predicted molar refractivity (Wildman–Crippen MR) is 71.9 cm³/mol. The van der Waals surface area contributed by atoms with Gasteiger partial charge in [-0.25, -0.2) is 9.59 Å². The number of urea groups is 1. The van der Waals surface area contributed by atoms with Crippen molar-refractivity contribution in [1.82, 2.24) is 9.80 Å². The van der Waals surface area contributed by atoms with Crippen molar-refractivity contribution < 1.29 is 14.7 Å². The van der Waals surface area contributed by atoms with Crippen molar-refractivity contribution in [3.05, 3.63) is 0 Å². The number of rotatable bonds is 1. The average molecular weight is 268 g/mol. The number of carbonyl (C=O) groups excluding carboxylic acids is 1. The van der Waals surface area contributed by atoms with Gasteiger partial charge in [-0.3, -0.25) is 0 Å². The monoisotopic (exact) mass is 268 g/mol. The van der Waals surface area contributed by atoms with Crippen molar-refractivity contribution in [2.75, 3.05) is 19.6 Å². The van der Waals surface area contributed by atoms with Crippen LogP contribution in [-0.2, 0) is 4.79 Å². The molecule has 108 valence electrons. The van der Waals surface area contributed by atoms with E-state index in [4.69, 9.17) is 0 Å². The molecule has 0 aromatic carbocycles. The van der Waals surface area contributed by atoms with Gasteiger partial charge in [0, 0.05) is 19.6 Å². The first-order valence-corrected chi connectivity index (χ1v) is 7.14. The van der Waals surface area contributed by atoms with Crippen LogP contribution in [0.3, 0.4) is 0 Å². The lowest BCUT2D eigenvalue weighted by molar-refractivity contribution is -0.147. The molecule has 2 rings (SSSR count). The van der Waals surface area contributed by atoms with E-state index in [1.165, 1.54) is 0 Å². The number of likely N-dealkylation sites (tertiary alicyclic amines) is 2. The highest BCUT2D eigenvalue weighted by Gasteiger charge is 2.47. The molecule has 0 aromatic heterocycles. The van der Waals surface area contributed by atoms with Gasteiger partial charge < -0.3 is 14.9 Å². The molecule has 5 heteroatoms. The first-order chi connectivity index (χ1) is 8.84. The fourth-order valence-corrected chi connectivity index (χ4v) is 3.48. The van der Waals surface area contributed by atoms with Gasteiger partial charge in [0.25, 0.3) is 0 Å². The Balaban J connectivity index is 2.13. The van der Waals surface area contributed by atoms with E-state index in [1.807, 2.05) is 4.90 Å². The van der Waals surface area contributed by atoms with Crippen LogP contribution in [0.15, 0.2) is 0 Å². The zero-order valence-corrected chi connectivity index (χ0v) is 12.1. The minimum Gasteiger partial charge on any atom is -0.480 e. The summed E-state index contributed by atoms with van der Waals surface area (Å²) in [4.78, 5) is 27.4. The van der Waals surface area contributed by atoms with Crippen LogP contribution in [0.1, 0.15) is 40.0 Å². The summed E-state index contributed by atoms with van der Waals surface area (Å²) in [6.45, 7) is 8.01. The number of carboxylic acids is 1. The van der Waals surface area contributed by atoms with Gasteiger partial charge in [0.1, 0.15) is 5.54 Å². The zero-order valence-electron chi connectivity index (χ0n) is 12.1. The number of amides is 2. The molecule has 0 spiro atoms. The average Bonchev–Trinajstić information content (AvgIpc) is 2.70. The van der Waals surface area contributed by atoms with E-state index in [0.717, 1.165) is 25.9 Å². The summed E-state index contributed by atoms with van der Waals surface area (Å²) < 4.78 is 0. The molecule has 0 bridgehead atoms. The Hall–Kier alpha value is -1.26. The lowest BCUT2D eigenvalue weighted by atomic mass is 9.92. The molecule has 0 radical (unpaired) electrons. The highest BCUT2D eigenvalue weighted by Crippen LogP contribution is 2.32. The molecule has 2 fully saturated rings. The molecule has 3 unspecified atom stereocenters. The van der Waals surface area contributed by atoms with E-state index in [0.29, 0.717) is 24.8 Å². The Morgan fingerprint density at radius 1 is 1.21 bits per heavy atom. The molecular formula is C14H24N2O3. The lowest BCUT2D eigenvalue weighted by Crippen LogP contribution is -2.57. The SMILES string of the molecule is CC1CC(C)CN(C(=O)N2CCCC2(C)C(=O)O)C1. The van der Waals surface area contributed by atoms with Crippen molar-refractivity contribution in [3.8, 4) is 0 Å². The van der Waals surface area contributed by atoms with E-state index in [-0.39, 0.29) is 6.03 Å². The normalized spacial score (nSPS) is 35.5. The summed E-state index contributed by atoms with van der Waals surface area (Å²) in [6.07, 6.45) is 2.46. The van der Waals surface area contributed by atoms with Crippen LogP contribution in [-0.4, -0.2) is 52.1 Å². The molecule has 19 heavy (non-hydrogen) atoms. The van der Waals surface area contributed by atoms with Gasteiger partial charge in [0.2, 0.25) is 0 Å². The van der Waals surface area contributed by atoms with Gasteiger partial charge in [0.15, 0.2) is 0 Å². The number of carboxylic acid groups (broad SMARTS) is 1. The topological polar surface area (TPSA) is 60.9 Å². The summed E-state index contributed by atoms with van der Waals surface area (Å²) in [5.41, 5.74) is -1.03. The zero-order chi connectivity index (χ0) is 14.2. The maximum absolute atomic E-state index is 12.6. The van der Waals surface area contributed by atoms with E-state index >= 15 is 0 Å². The largest absolute Gasteiger partial charge is 0.480 e. The predicted octanol–water partition coefficient (Wildman–Crippen LogP) is 2.02. The molecule has 5 nitrogen and oxygen atoms in total. The van der Waals surface area contributed by atoms with Crippen molar-refractivity contribution in [3.63, 3.8) is 0 Å². The van der Waals surface area contributed by atoms with Gasteiger partial charge >= 0.3 is 12.0 Å². The standard InChI is InChI=1S/C14H24N2O3/c1-10-7-11(2)9-15(8-10)13(19)16-6-4-5-14(16,3)12(17)18/h10-11H,4-9H2,1-3H3,(H,17,18). The number of nitrogens with zero attached hydrogens (tertiary/aromatic N) is 2. The summed E-state index contributed by atoms with van der Waals surface area (Å²) in [7, 11) is 0. The molecular weight excluding hydrogens is 244 g/mol. The van der Waals surface area contributed by atoms with Crippen LogP contribution in [0.4, 0.5) is 4.79 Å². The third-order valence-corrected chi connectivity index (χ3v) is 4.47. The molecule has 1 N–H and O–H groups in total. The second-order valence-electron chi connectivity index (χ2n) is 6.47. The van der Waals surface area contributed by atoms with Crippen LogP contribution in [0, 0.1) is 11.8 Å². The summed E-state index contributed by atoms with van der Waals surface area (Å²) in [5, 5.41) is 9.38. The third-order valence-electron chi connectivity index (χ3n) is 4.47. The highest BCUT2D eigenvalue weighted by molar-refractivity contribution is 5.86. The van der Waals surface area contributed by atoms with Gasteiger partial charge in [-0.2, -0.15) is 0 Å². The molecule has 2 aliphatic rings. The van der Waals surface area contributed by atoms with Gasteiger partial charge in [0.05, 0.1) is 0 Å². The van der Waals surface area contributed by atoms with Gasteiger partial charge in [-0.05, 0) is 38.0 Å². The number of piperidine rings is 1. The Labute approximate surface area is 114 Å². The Morgan fingerprint density at radius 3 is 2.32 bits per heavy atom. The minimum absolute atomic E-state index is 0.0965. The molecule has 2 saturated heterocycles. The van der Waals surface area contributed by atoms with E-state index < -0.39 is 11.5 Å². The van der Waals surface area contributed by atoms with Crippen LogP contribution < -0.4 is 0 Å². The molecule has 0 aliphatic carbocycles. The van der Waals surface area contributed by atoms with Crippen molar-refractivity contribution >= 4 is 12.0 Å². The van der Waals surface area contributed by atoms with Gasteiger partial charge in [-0.15, -0.1) is 0 Å². The van der Waals surface area contributed by atoms with Crippen molar-refractivity contribution in [1.29, 1.82) is 0 Å². The Bertz CT molecular complexity index is 375. The molecule has 3 atom stereocenters. The smallest absolute Gasteiger partial charge is 0.329 e. The molecule has 2 amide bonds. The number of aliphatic carboxylic acids is 1. The van der Waals surface area contributed by atoms with E-state index in [1.54, 1.807) is 11.8 Å². The Morgan fingerprint density at radius 2 is 1.79 bits per heavy atom. The molecule has 0 saturated carbocycles. The van der Waals surface area contributed by atoms with Crippen LogP contribution in [0.5, 0.6) is 0 Å². The number of carbonyl (C=O) groups is 2. The number of hydrogen-bond donors (Lipinski definition) is 1.